The van der Waals surface area contributed by atoms with Crippen LogP contribution in [0.1, 0.15) is 6.42 Å². The zero-order valence-electron chi connectivity index (χ0n) is 7.58. The number of carboxylic acid groups (broad SMARTS) is 1. The van der Waals surface area contributed by atoms with E-state index in [1.165, 1.54) is 7.11 Å². The van der Waals surface area contributed by atoms with Crippen molar-refractivity contribution in [1.82, 2.24) is 4.31 Å². The van der Waals surface area contributed by atoms with E-state index in [2.05, 4.69) is 0 Å². The van der Waals surface area contributed by atoms with Crippen LogP contribution in [0.25, 0.3) is 0 Å². The van der Waals surface area contributed by atoms with E-state index in [1.54, 1.807) is 0 Å². The summed E-state index contributed by atoms with van der Waals surface area (Å²) in [6.45, 7) is -0.00764. The molecule has 2 unspecified atom stereocenters. The molecule has 1 heterocycles. The molecule has 0 radical (unpaired) electrons. The average molecular weight is 224 g/mol. The molecule has 1 aliphatic rings. The van der Waals surface area contributed by atoms with Gasteiger partial charge in [0.1, 0.15) is 6.04 Å². The van der Waals surface area contributed by atoms with Crippen LogP contribution in [0.5, 0.6) is 0 Å². The van der Waals surface area contributed by atoms with Gasteiger partial charge in [-0.15, -0.1) is 0 Å². The predicted octanol–water partition coefficient (Wildman–Crippen LogP) is -1.64. The molecule has 8 heteroatoms. The van der Waals surface area contributed by atoms with Crippen molar-refractivity contribution in [3.63, 3.8) is 0 Å². The van der Waals surface area contributed by atoms with Crippen molar-refractivity contribution in [3.8, 4) is 0 Å². The summed E-state index contributed by atoms with van der Waals surface area (Å²) in [7, 11) is -2.57. The molecule has 0 saturated carbocycles. The number of rotatable bonds is 3. The first-order valence-electron chi connectivity index (χ1n) is 3.91. The Bertz CT molecular complexity index is 327. The van der Waals surface area contributed by atoms with E-state index in [0.717, 1.165) is 4.31 Å². The number of nitrogens with two attached hydrogens (primary N) is 1. The van der Waals surface area contributed by atoms with Crippen LogP contribution in [0.4, 0.5) is 0 Å². The highest BCUT2D eigenvalue weighted by Gasteiger charge is 2.42. The highest BCUT2D eigenvalue weighted by atomic mass is 32.2. The Labute approximate surface area is 81.6 Å². The normalized spacial score (nSPS) is 29.3. The van der Waals surface area contributed by atoms with Gasteiger partial charge in [-0.1, -0.05) is 0 Å². The molecule has 0 aromatic heterocycles. The molecule has 0 aromatic carbocycles. The highest BCUT2D eigenvalue weighted by molar-refractivity contribution is 7.86. The number of hydrogen-bond donors (Lipinski definition) is 2. The fraction of sp³-hybridized carbons (Fsp3) is 0.833. The zero-order valence-corrected chi connectivity index (χ0v) is 8.40. The molecule has 2 atom stereocenters. The average Bonchev–Trinajstić information content (AvgIpc) is 2.46. The maximum Gasteiger partial charge on any atom is 0.322 e. The molecule has 0 aliphatic carbocycles. The summed E-state index contributed by atoms with van der Waals surface area (Å²) in [5, 5.41) is 13.6. The first-order chi connectivity index (χ1) is 6.36. The molecule has 0 bridgehead atoms. The monoisotopic (exact) mass is 224 g/mol. The molecular weight excluding hydrogens is 212 g/mol. The Kier molecular flexibility index (Phi) is 3.10. The van der Waals surface area contributed by atoms with Gasteiger partial charge in [-0.2, -0.15) is 12.7 Å². The predicted molar refractivity (Wildman–Crippen MR) is 46.7 cm³/mol. The number of aliphatic carboxylic acids is 1. The molecule has 1 fully saturated rings. The molecular formula is C6H12N2O5S. The minimum atomic E-state index is -3.97. The standard InChI is InChI=1S/C6H12N2O5S/c1-13-4-2-5(6(9)10)8(3-4)14(7,11)12/h4-5H,2-3H2,1H3,(H,9,10)(H2,7,11,12). The molecule has 0 aromatic rings. The van der Waals surface area contributed by atoms with Crippen molar-refractivity contribution in [1.29, 1.82) is 0 Å². The quantitative estimate of drug-likeness (QED) is 0.597. The summed E-state index contributed by atoms with van der Waals surface area (Å²) in [4.78, 5) is 10.7. The molecule has 14 heavy (non-hydrogen) atoms. The summed E-state index contributed by atoms with van der Waals surface area (Å²) in [5.41, 5.74) is 0. The van der Waals surface area contributed by atoms with Gasteiger partial charge in [0.05, 0.1) is 6.10 Å². The lowest BCUT2D eigenvalue weighted by Crippen LogP contribution is -2.44. The maximum absolute atomic E-state index is 11.0. The summed E-state index contributed by atoms with van der Waals surface area (Å²) in [5.74, 6) is -1.21. The second-order valence-corrected chi connectivity index (χ2v) is 4.56. The molecule has 1 saturated heterocycles. The van der Waals surface area contributed by atoms with Gasteiger partial charge in [0, 0.05) is 20.1 Å². The third-order valence-corrected chi connectivity index (χ3v) is 3.22. The second kappa shape index (κ2) is 3.81. The van der Waals surface area contributed by atoms with Gasteiger partial charge in [0.2, 0.25) is 0 Å². The van der Waals surface area contributed by atoms with Crippen molar-refractivity contribution >= 4 is 16.2 Å². The van der Waals surface area contributed by atoms with Gasteiger partial charge < -0.3 is 9.84 Å². The Morgan fingerprint density at radius 2 is 2.21 bits per heavy atom. The van der Waals surface area contributed by atoms with Crippen molar-refractivity contribution in [2.45, 2.75) is 18.6 Å². The molecule has 7 nitrogen and oxygen atoms in total. The first-order valence-corrected chi connectivity index (χ1v) is 5.41. The van der Waals surface area contributed by atoms with Crippen LogP contribution in [0.3, 0.4) is 0 Å². The van der Waals surface area contributed by atoms with E-state index >= 15 is 0 Å². The second-order valence-electron chi connectivity index (χ2n) is 3.06. The third-order valence-electron chi connectivity index (χ3n) is 2.16. The van der Waals surface area contributed by atoms with Crippen LogP contribution in [0.15, 0.2) is 0 Å². The maximum atomic E-state index is 11.0. The Hall–Kier alpha value is -0.700. The van der Waals surface area contributed by atoms with E-state index in [9.17, 15) is 13.2 Å². The molecule has 0 spiro atoms. The zero-order chi connectivity index (χ0) is 10.9. The lowest BCUT2D eigenvalue weighted by molar-refractivity contribution is -0.140. The minimum absolute atomic E-state index is 0.00764. The number of carboxylic acids is 1. The molecule has 3 N–H and O–H groups in total. The van der Waals surface area contributed by atoms with Crippen LogP contribution in [0.2, 0.25) is 0 Å². The molecule has 1 rings (SSSR count). The highest BCUT2D eigenvalue weighted by Crippen LogP contribution is 2.21. The fourth-order valence-electron chi connectivity index (χ4n) is 1.45. The van der Waals surface area contributed by atoms with Crippen LogP contribution >= 0.6 is 0 Å². The summed E-state index contributed by atoms with van der Waals surface area (Å²) >= 11 is 0. The topological polar surface area (TPSA) is 110 Å². The van der Waals surface area contributed by atoms with Gasteiger partial charge in [0.15, 0.2) is 0 Å². The van der Waals surface area contributed by atoms with Crippen molar-refractivity contribution < 1.29 is 23.1 Å². The van der Waals surface area contributed by atoms with E-state index in [-0.39, 0.29) is 13.0 Å². The van der Waals surface area contributed by atoms with E-state index < -0.39 is 28.3 Å². The minimum Gasteiger partial charge on any atom is -0.480 e. The van der Waals surface area contributed by atoms with E-state index in [4.69, 9.17) is 15.0 Å². The molecule has 82 valence electrons. The lowest BCUT2D eigenvalue weighted by atomic mass is 10.2. The molecule has 0 amide bonds. The fourth-order valence-corrected chi connectivity index (χ4v) is 2.35. The van der Waals surface area contributed by atoms with Gasteiger partial charge in [-0.25, -0.2) is 5.14 Å². The van der Waals surface area contributed by atoms with Crippen molar-refractivity contribution in [2.24, 2.45) is 5.14 Å². The van der Waals surface area contributed by atoms with Gasteiger partial charge in [-0.05, 0) is 0 Å². The number of ether oxygens (including phenoxy) is 1. The Morgan fingerprint density at radius 1 is 1.64 bits per heavy atom. The van der Waals surface area contributed by atoms with Crippen LogP contribution in [-0.2, 0) is 19.7 Å². The number of methoxy groups -OCH3 is 1. The number of nitrogens with zero attached hydrogens (tertiary/aromatic N) is 1. The molecule has 1 aliphatic heterocycles. The Morgan fingerprint density at radius 3 is 2.50 bits per heavy atom. The first kappa shape index (κ1) is 11.4. The number of carbonyl (C=O) groups is 1. The summed E-state index contributed by atoms with van der Waals surface area (Å²) in [6.07, 6.45) is -0.281. The van der Waals surface area contributed by atoms with Gasteiger partial charge >= 0.3 is 5.97 Å². The third kappa shape index (κ3) is 2.21. The van der Waals surface area contributed by atoms with E-state index in [1.807, 2.05) is 0 Å². The van der Waals surface area contributed by atoms with Crippen LogP contribution in [-0.4, -0.2) is 49.6 Å². The number of hydrogen-bond acceptors (Lipinski definition) is 4. The smallest absolute Gasteiger partial charge is 0.322 e. The van der Waals surface area contributed by atoms with Gasteiger partial charge in [0.25, 0.3) is 10.2 Å². The summed E-state index contributed by atoms with van der Waals surface area (Å²) in [6, 6.07) is -1.12. The van der Waals surface area contributed by atoms with Crippen LogP contribution < -0.4 is 5.14 Å². The van der Waals surface area contributed by atoms with Crippen molar-refractivity contribution in [2.75, 3.05) is 13.7 Å². The van der Waals surface area contributed by atoms with Gasteiger partial charge in [-0.3, -0.25) is 4.79 Å². The van der Waals surface area contributed by atoms with E-state index in [0.29, 0.717) is 0 Å². The summed E-state index contributed by atoms with van der Waals surface area (Å²) < 4.78 is 27.6. The van der Waals surface area contributed by atoms with Crippen molar-refractivity contribution in [3.05, 3.63) is 0 Å². The SMILES string of the molecule is COC1CC(C(=O)O)N(S(N)(=O)=O)C1. The Balaban J connectivity index is 2.88. The van der Waals surface area contributed by atoms with Crippen LogP contribution in [0, 0.1) is 0 Å². The lowest BCUT2D eigenvalue weighted by Gasteiger charge is -2.16. The largest absolute Gasteiger partial charge is 0.480 e.